The van der Waals surface area contributed by atoms with Crippen molar-refractivity contribution < 1.29 is 18.7 Å². The standard InChI is InChI=1S/C24H14BrCl2FN2O3S/c25-15-6-8-21(33-12-13-5-7-17(26)18(27)9-13)14(10-15)11-16-22(31)29-24(34)30(23(16)32)20-4-2-1-3-19(20)28/h1-11H,12H2,(H,29,31,34)/b16-11+. The summed E-state index contributed by atoms with van der Waals surface area (Å²) in [6.07, 6.45) is 1.38. The number of ether oxygens (including phenoxy) is 1. The maximum Gasteiger partial charge on any atom is 0.270 e. The number of nitrogens with one attached hydrogen (secondary N) is 1. The molecule has 0 aromatic heterocycles. The molecule has 0 saturated carbocycles. The number of hydrogen-bond donors (Lipinski definition) is 1. The smallest absolute Gasteiger partial charge is 0.270 e. The van der Waals surface area contributed by atoms with Crippen molar-refractivity contribution in [3.63, 3.8) is 0 Å². The molecule has 0 bridgehead atoms. The second-order valence-corrected chi connectivity index (χ2v) is 9.25. The number of para-hydroxylation sites is 1. The number of anilines is 1. The van der Waals surface area contributed by atoms with Gasteiger partial charge in [0.2, 0.25) is 0 Å². The van der Waals surface area contributed by atoms with Crippen LogP contribution in [0, 0.1) is 5.82 Å². The van der Waals surface area contributed by atoms with Gasteiger partial charge in [0.1, 0.15) is 23.7 Å². The molecule has 1 fully saturated rings. The van der Waals surface area contributed by atoms with Gasteiger partial charge in [-0.25, -0.2) is 9.29 Å². The molecule has 0 radical (unpaired) electrons. The van der Waals surface area contributed by atoms with Crippen LogP contribution in [0.2, 0.25) is 10.0 Å². The van der Waals surface area contributed by atoms with E-state index in [1.807, 2.05) is 0 Å². The SMILES string of the molecule is O=C1NC(=S)N(c2ccccc2F)C(=O)/C1=C/c1cc(Br)ccc1OCc1ccc(Cl)c(Cl)c1. The van der Waals surface area contributed by atoms with Crippen LogP contribution in [-0.4, -0.2) is 16.9 Å². The van der Waals surface area contributed by atoms with Crippen molar-refractivity contribution >= 4 is 80.0 Å². The minimum absolute atomic E-state index is 0.0614. The van der Waals surface area contributed by atoms with Crippen LogP contribution in [-0.2, 0) is 16.2 Å². The maximum absolute atomic E-state index is 14.4. The number of amides is 2. The molecule has 3 aromatic rings. The average Bonchev–Trinajstić information content (AvgIpc) is 2.79. The van der Waals surface area contributed by atoms with Crippen molar-refractivity contribution in [1.82, 2.24) is 5.32 Å². The second kappa shape index (κ2) is 10.2. The van der Waals surface area contributed by atoms with Crippen LogP contribution >= 0.6 is 51.3 Å². The van der Waals surface area contributed by atoms with Crippen LogP contribution in [0.3, 0.4) is 0 Å². The predicted octanol–water partition coefficient (Wildman–Crippen LogP) is 6.31. The zero-order chi connectivity index (χ0) is 24.4. The zero-order valence-corrected chi connectivity index (χ0v) is 21.1. The molecule has 1 N–H and O–H groups in total. The molecule has 5 nitrogen and oxygen atoms in total. The molecule has 1 saturated heterocycles. The van der Waals surface area contributed by atoms with Crippen molar-refractivity contribution in [2.75, 3.05) is 4.90 Å². The van der Waals surface area contributed by atoms with Crippen LogP contribution in [0.1, 0.15) is 11.1 Å². The van der Waals surface area contributed by atoms with Crippen LogP contribution in [0.5, 0.6) is 5.75 Å². The van der Waals surface area contributed by atoms with E-state index in [-0.39, 0.29) is 23.0 Å². The first-order chi connectivity index (χ1) is 16.2. The van der Waals surface area contributed by atoms with Gasteiger partial charge in [-0.3, -0.25) is 14.9 Å². The number of nitrogens with zero attached hydrogens (tertiary/aromatic N) is 1. The van der Waals surface area contributed by atoms with Crippen molar-refractivity contribution in [3.8, 4) is 5.75 Å². The number of hydrogen-bond acceptors (Lipinski definition) is 4. The van der Waals surface area contributed by atoms with Crippen molar-refractivity contribution in [3.05, 3.63) is 97.7 Å². The van der Waals surface area contributed by atoms with Gasteiger partial charge in [0, 0.05) is 10.0 Å². The predicted molar refractivity (Wildman–Crippen MR) is 138 cm³/mol. The van der Waals surface area contributed by atoms with Gasteiger partial charge in [0.05, 0.1) is 15.7 Å². The van der Waals surface area contributed by atoms with Crippen LogP contribution in [0.15, 0.2) is 70.7 Å². The van der Waals surface area contributed by atoms with Gasteiger partial charge in [-0.15, -0.1) is 0 Å². The van der Waals surface area contributed by atoms with E-state index in [0.717, 1.165) is 10.5 Å². The van der Waals surface area contributed by atoms with Crippen LogP contribution in [0.25, 0.3) is 6.08 Å². The van der Waals surface area contributed by atoms with Crippen molar-refractivity contribution in [2.24, 2.45) is 0 Å². The lowest BCUT2D eigenvalue weighted by Gasteiger charge is -2.29. The Bertz CT molecular complexity index is 1370. The number of rotatable bonds is 5. The number of benzene rings is 3. The Morgan fingerprint density at radius 2 is 1.82 bits per heavy atom. The Morgan fingerprint density at radius 3 is 2.56 bits per heavy atom. The lowest BCUT2D eigenvalue weighted by Crippen LogP contribution is -2.54. The number of thiocarbonyl (C=S) groups is 1. The third-order valence-corrected chi connectivity index (χ3v) is 6.36. The van der Waals surface area contributed by atoms with Gasteiger partial charge in [0.15, 0.2) is 5.11 Å². The molecule has 0 atom stereocenters. The Balaban J connectivity index is 1.68. The first kappa shape index (κ1) is 24.3. The van der Waals surface area contributed by atoms with Gasteiger partial charge in [-0.1, -0.05) is 57.3 Å². The molecule has 2 amide bonds. The Kier molecular flexibility index (Phi) is 7.33. The molecule has 1 aliphatic rings. The molecular weight excluding hydrogens is 566 g/mol. The molecule has 3 aromatic carbocycles. The largest absolute Gasteiger partial charge is 0.488 e. The lowest BCUT2D eigenvalue weighted by atomic mass is 10.1. The molecular formula is C24H14BrCl2FN2O3S. The molecule has 1 aliphatic heterocycles. The summed E-state index contributed by atoms with van der Waals surface area (Å²) in [5.41, 5.74) is 0.941. The van der Waals surface area contributed by atoms with E-state index in [1.54, 1.807) is 42.5 Å². The minimum atomic E-state index is -0.755. The normalized spacial score (nSPS) is 15.0. The highest BCUT2D eigenvalue weighted by Crippen LogP contribution is 2.30. The quantitative estimate of drug-likeness (QED) is 0.219. The summed E-state index contributed by atoms with van der Waals surface area (Å²) in [6.45, 7) is 0.167. The van der Waals surface area contributed by atoms with E-state index in [1.165, 1.54) is 24.3 Å². The van der Waals surface area contributed by atoms with Gasteiger partial charge in [0.25, 0.3) is 11.8 Å². The number of halogens is 4. The van der Waals surface area contributed by atoms with E-state index in [4.69, 9.17) is 40.2 Å². The van der Waals surface area contributed by atoms with Crippen LogP contribution in [0.4, 0.5) is 10.1 Å². The van der Waals surface area contributed by atoms with E-state index in [2.05, 4.69) is 21.2 Å². The summed E-state index contributed by atoms with van der Waals surface area (Å²) < 4.78 is 21.0. The highest BCUT2D eigenvalue weighted by atomic mass is 79.9. The van der Waals surface area contributed by atoms with Gasteiger partial charge in [-0.2, -0.15) is 0 Å². The second-order valence-electron chi connectivity index (χ2n) is 7.13. The Hall–Kier alpha value is -2.78. The Morgan fingerprint density at radius 1 is 1.06 bits per heavy atom. The topological polar surface area (TPSA) is 58.6 Å². The minimum Gasteiger partial charge on any atom is -0.488 e. The highest BCUT2D eigenvalue weighted by Gasteiger charge is 2.35. The Labute approximate surface area is 218 Å². The molecule has 0 unspecified atom stereocenters. The summed E-state index contributed by atoms with van der Waals surface area (Å²) >= 11 is 20.5. The van der Waals surface area contributed by atoms with E-state index >= 15 is 0 Å². The average molecular weight is 580 g/mol. The van der Waals surface area contributed by atoms with E-state index < -0.39 is 17.6 Å². The molecule has 10 heteroatoms. The molecule has 172 valence electrons. The molecule has 34 heavy (non-hydrogen) atoms. The molecule has 0 aliphatic carbocycles. The summed E-state index contributed by atoms with van der Waals surface area (Å²) in [5.74, 6) is -1.69. The van der Waals surface area contributed by atoms with E-state index in [9.17, 15) is 14.0 Å². The summed E-state index contributed by atoms with van der Waals surface area (Å²) in [7, 11) is 0. The maximum atomic E-state index is 14.4. The highest BCUT2D eigenvalue weighted by molar-refractivity contribution is 9.10. The summed E-state index contributed by atoms with van der Waals surface area (Å²) in [6, 6.07) is 15.9. The van der Waals surface area contributed by atoms with Crippen molar-refractivity contribution in [1.29, 1.82) is 0 Å². The zero-order valence-electron chi connectivity index (χ0n) is 17.2. The lowest BCUT2D eigenvalue weighted by molar-refractivity contribution is -0.122. The van der Waals surface area contributed by atoms with Crippen LogP contribution < -0.4 is 15.0 Å². The monoisotopic (exact) mass is 578 g/mol. The fourth-order valence-corrected chi connectivity index (χ4v) is 4.19. The van der Waals surface area contributed by atoms with Gasteiger partial charge >= 0.3 is 0 Å². The van der Waals surface area contributed by atoms with Gasteiger partial charge in [-0.05, 0) is 66.3 Å². The van der Waals surface area contributed by atoms with Gasteiger partial charge < -0.3 is 4.74 Å². The number of carbonyl (C=O) groups is 2. The third kappa shape index (κ3) is 5.15. The fraction of sp³-hybridized carbons (Fsp3) is 0.0417. The fourth-order valence-electron chi connectivity index (χ4n) is 3.22. The molecule has 0 spiro atoms. The van der Waals surface area contributed by atoms with Crippen molar-refractivity contribution in [2.45, 2.75) is 6.61 Å². The third-order valence-electron chi connectivity index (χ3n) is 4.85. The number of carbonyl (C=O) groups excluding carboxylic acids is 2. The first-order valence-electron chi connectivity index (χ1n) is 9.77. The molecule has 1 heterocycles. The summed E-state index contributed by atoms with van der Waals surface area (Å²) in [4.78, 5) is 26.8. The van der Waals surface area contributed by atoms with E-state index in [0.29, 0.717) is 25.8 Å². The summed E-state index contributed by atoms with van der Waals surface area (Å²) in [5, 5.41) is 3.06. The molecule has 4 rings (SSSR count). The first-order valence-corrected chi connectivity index (χ1v) is 11.7.